The molecular weight excluding hydrogens is 268 g/mol. The van der Waals surface area contributed by atoms with Crippen molar-refractivity contribution in [2.75, 3.05) is 43.1 Å². The van der Waals surface area contributed by atoms with Gasteiger partial charge in [0.15, 0.2) is 0 Å². The maximum atomic E-state index is 11.8. The third-order valence-electron chi connectivity index (χ3n) is 3.15. The molecule has 0 saturated carbocycles. The lowest BCUT2D eigenvalue weighted by molar-refractivity contribution is -0.115. The van der Waals surface area contributed by atoms with Crippen LogP contribution in [-0.4, -0.2) is 49.3 Å². The summed E-state index contributed by atoms with van der Waals surface area (Å²) in [4.78, 5) is 18.4. The fourth-order valence-corrected chi connectivity index (χ4v) is 1.99. The minimum Gasteiger partial charge on any atom is -0.378 e. The molecule has 0 atom stereocenters. The van der Waals surface area contributed by atoms with Crippen LogP contribution in [0.5, 0.6) is 0 Å². The Hall–Kier alpha value is -1.66. The van der Waals surface area contributed by atoms with Crippen LogP contribution in [0.4, 0.5) is 11.5 Å². The predicted molar refractivity (Wildman–Crippen MR) is 83.7 cm³/mol. The number of nitrogens with one attached hydrogen (secondary N) is 2. The van der Waals surface area contributed by atoms with Crippen LogP contribution in [0.3, 0.4) is 0 Å². The van der Waals surface area contributed by atoms with Crippen LogP contribution < -0.4 is 15.5 Å². The van der Waals surface area contributed by atoms with Crippen molar-refractivity contribution in [3.05, 3.63) is 18.3 Å². The molecule has 1 aromatic rings. The van der Waals surface area contributed by atoms with E-state index in [0.29, 0.717) is 5.69 Å². The van der Waals surface area contributed by atoms with E-state index in [-0.39, 0.29) is 18.0 Å². The summed E-state index contributed by atoms with van der Waals surface area (Å²) < 4.78 is 5.32. The number of nitrogens with zero attached hydrogens (tertiary/aromatic N) is 2. The SMILES string of the molecule is CC(C)(C)NCC(=O)Nc1ccc(N2CCOCC2)nc1. The van der Waals surface area contributed by atoms with Crippen LogP contribution in [0.2, 0.25) is 0 Å². The molecule has 1 aliphatic rings. The Balaban J connectivity index is 1.85. The Morgan fingerprint density at radius 1 is 1.33 bits per heavy atom. The van der Waals surface area contributed by atoms with Crippen molar-refractivity contribution in [2.24, 2.45) is 0 Å². The summed E-state index contributed by atoms with van der Waals surface area (Å²) in [6.07, 6.45) is 1.69. The number of rotatable bonds is 4. The summed E-state index contributed by atoms with van der Waals surface area (Å²) in [5.74, 6) is 0.856. The number of carbonyl (C=O) groups is 1. The highest BCUT2D eigenvalue weighted by Gasteiger charge is 2.13. The van der Waals surface area contributed by atoms with Crippen molar-refractivity contribution in [2.45, 2.75) is 26.3 Å². The molecule has 1 fully saturated rings. The van der Waals surface area contributed by atoms with E-state index in [1.165, 1.54) is 0 Å². The first-order valence-corrected chi connectivity index (χ1v) is 7.28. The van der Waals surface area contributed by atoms with Crippen molar-refractivity contribution in [3.8, 4) is 0 Å². The van der Waals surface area contributed by atoms with E-state index in [1.54, 1.807) is 6.20 Å². The van der Waals surface area contributed by atoms with Gasteiger partial charge in [0.25, 0.3) is 0 Å². The molecule has 6 nitrogen and oxygen atoms in total. The molecule has 6 heteroatoms. The van der Waals surface area contributed by atoms with E-state index < -0.39 is 0 Å². The standard InChI is InChI=1S/C15H24N4O2/c1-15(2,3)17-11-14(20)18-12-4-5-13(16-10-12)19-6-8-21-9-7-19/h4-5,10,17H,6-9,11H2,1-3H3,(H,18,20). The molecule has 1 amide bonds. The first kappa shape index (κ1) is 15.7. The average molecular weight is 292 g/mol. The number of amides is 1. The largest absolute Gasteiger partial charge is 0.378 e. The number of carbonyl (C=O) groups excluding carboxylic acids is 1. The Labute approximate surface area is 125 Å². The van der Waals surface area contributed by atoms with Crippen molar-refractivity contribution in [3.63, 3.8) is 0 Å². The molecule has 1 aliphatic heterocycles. The topological polar surface area (TPSA) is 66.5 Å². The zero-order chi connectivity index (χ0) is 15.3. The number of aromatic nitrogens is 1. The Bertz CT molecular complexity index is 462. The fourth-order valence-electron chi connectivity index (χ4n) is 1.99. The van der Waals surface area contributed by atoms with Gasteiger partial charge >= 0.3 is 0 Å². The molecule has 0 bridgehead atoms. The number of hydrogen-bond donors (Lipinski definition) is 2. The van der Waals surface area contributed by atoms with Crippen molar-refractivity contribution < 1.29 is 9.53 Å². The Morgan fingerprint density at radius 3 is 2.62 bits per heavy atom. The quantitative estimate of drug-likeness (QED) is 0.874. The third-order valence-corrected chi connectivity index (χ3v) is 3.15. The van der Waals surface area contributed by atoms with Gasteiger partial charge in [0, 0.05) is 18.6 Å². The van der Waals surface area contributed by atoms with Gasteiger partial charge in [-0.05, 0) is 32.9 Å². The van der Waals surface area contributed by atoms with Crippen molar-refractivity contribution >= 4 is 17.4 Å². The van der Waals surface area contributed by atoms with Gasteiger partial charge in [-0.3, -0.25) is 4.79 Å². The van der Waals surface area contributed by atoms with E-state index in [2.05, 4.69) is 20.5 Å². The number of pyridine rings is 1. The highest BCUT2D eigenvalue weighted by Crippen LogP contribution is 2.15. The number of morpholine rings is 1. The van der Waals surface area contributed by atoms with E-state index in [1.807, 2.05) is 32.9 Å². The van der Waals surface area contributed by atoms with E-state index >= 15 is 0 Å². The molecule has 0 aromatic carbocycles. The first-order valence-electron chi connectivity index (χ1n) is 7.28. The molecule has 2 heterocycles. The molecule has 116 valence electrons. The number of hydrogen-bond acceptors (Lipinski definition) is 5. The van der Waals surface area contributed by atoms with Gasteiger partial charge in [0.05, 0.1) is 31.6 Å². The van der Waals surface area contributed by atoms with Gasteiger partial charge in [-0.1, -0.05) is 0 Å². The maximum Gasteiger partial charge on any atom is 0.238 e. The third kappa shape index (κ3) is 5.32. The van der Waals surface area contributed by atoms with Crippen LogP contribution >= 0.6 is 0 Å². The van der Waals surface area contributed by atoms with Gasteiger partial charge in [-0.25, -0.2) is 4.98 Å². The summed E-state index contributed by atoms with van der Waals surface area (Å²) in [5.41, 5.74) is 0.642. The molecule has 2 N–H and O–H groups in total. The smallest absolute Gasteiger partial charge is 0.238 e. The second-order valence-corrected chi connectivity index (χ2v) is 6.16. The van der Waals surface area contributed by atoms with Gasteiger partial charge in [-0.2, -0.15) is 0 Å². The van der Waals surface area contributed by atoms with E-state index in [9.17, 15) is 4.79 Å². The van der Waals surface area contributed by atoms with E-state index in [4.69, 9.17) is 4.74 Å². The average Bonchev–Trinajstić information content (AvgIpc) is 2.46. The highest BCUT2D eigenvalue weighted by molar-refractivity contribution is 5.92. The zero-order valence-electron chi connectivity index (χ0n) is 13.0. The molecule has 1 saturated heterocycles. The summed E-state index contributed by atoms with van der Waals surface area (Å²) in [6, 6.07) is 3.81. The molecular formula is C15H24N4O2. The number of anilines is 2. The lowest BCUT2D eigenvalue weighted by Gasteiger charge is -2.27. The maximum absolute atomic E-state index is 11.8. The minimum absolute atomic E-state index is 0.0640. The second-order valence-electron chi connectivity index (χ2n) is 6.16. The summed E-state index contributed by atoms with van der Waals surface area (Å²) in [5, 5.41) is 5.99. The van der Waals surface area contributed by atoms with Crippen LogP contribution in [0, 0.1) is 0 Å². The molecule has 0 aliphatic carbocycles. The monoisotopic (exact) mass is 292 g/mol. The van der Waals surface area contributed by atoms with Crippen LogP contribution in [0.15, 0.2) is 18.3 Å². The summed E-state index contributed by atoms with van der Waals surface area (Å²) >= 11 is 0. The van der Waals surface area contributed by atoms with Crippen molar-refractivity contribution in [1.82, 2.24) is 10.3 Å². The Kier molecular flexibility index (Phi) is 5.14. The number of ether oxygens (including phenoxy) is 1. The summed E-state index contributed by atoms with van der Waals surface area (Å²) in [6.45, 7) is 9.55. The first-order chi connectivity index (χ1) is 9.94. The van der Waals surface area contributed by atoms with Crippen LogP contribution in [0.25, 0.3) is 0 Å². The highest BCUT2D eigenvalue weighted by atomic mass is 16.5. The lowest BCUT2D eigenvalue weighted by atomic mass is 10.1. The molecule has 0 radical (unpaired) electrons. The predicted octanol–water partition coefficient (Wildman–Crippen LogP) is 1.24. The van der Waals surface area contributed by atoms with Gasteiger partial charge in [0.2, 0.25) is 5.91 Å². The normalized spacial score (nSPS) is 15.9. The van der Waals surface area contributed by atoms with Crippen LogP contribution in [-0.2, 0) is 9.53 Å². The van der Waals surface area contributed by atoms with Gasteiger partial charge in [-0.15, -0.1) is 0 Å². The van der Waals surface area contributed by atoms with Gasteiger partial charge in [0.1, 0.15) is 5.82 Å². The zero-order valence-corrected chi connectivity index (χ0v) is 13.0. The van der Waals surface area contributed by atoms with E-state index in [0.717, 1.165) is 32.1 Å². The lowest BCUT2D eigenvalue weighted by Crippen LogP contribution is -2.41. The molecule has 0 unspecified atom stereocenters. The minimum atomic E-state index is -0.0736. The molecule has 2 rings (SSSR count). The molecule has 21 heavy (non-hydrogen) atoms. The molecule has 1 aromatic heterocycles. The van der Waals surface area contributed by atoms with Gasteiger partial charge < -0.3 is 20.3 Å². The van der Waals surface area contributed by atoms with Crippen molar-refractivity contribution in [1.29, 1.82) is 0 Å². The van der Waals surface area contributed by atoms with Crippen LogP contribution in [0.1, 0.15) is 20.8 Å². The molecule has 0 spiro atoms. The summed E-state index contributed by atoms with van der Waals surface area (Å²) in [7, 11) is 0. The fraction of sp³-hybridized carbons (Fsp3) is 0.600. The Morgan fingerprint density at radius 2 is 2.05 bits per heavy atom. The second kappa shape index (κ2) is 6.87.